The van der Waals surface area contributed by atoms with Crippen LogP contribution in [0, 0.1) is 18.6 Å². The van der Waals surface area contributed by atoms with Crippen molar-refractivity contribution in [3.05, 3.63) is 59.7 Å². The number of benzene rings is 2. The zero-order chi connectivity index (χ0) is 23.3. The summed E-state index contributed by atoms with van der Waals surface area (Å²) >= 11 is 0. The first kappa shape index (κ1) is 23.8. The van der Waals surface area contributed by atoms with Gasteiger partial charge in [-0.1, -0.05) is 18.6 Å². The number of amides is 2. The van der Waals surface area contributed by atoms with Crippen molar-refractivity contribution in [1.82, 2.24) is 9.62 Å². The number of hydrogen-bond acceptors (Lipinski definition) is 4. The van der Waals surface area contributed by atoms with E-state index in [4.69, 9.17) is 0 Å². The third-order valence-electron chi connectivity index (χ3n) is 5.40. The summed E-state index contributed by atoms with van der Waals surface area (Å²) in [5.74, 6) is -3.08. The molecule has 0 radical (unpaired) electrons. The number of piperidine rings is 1. The van der Waals surface area contributed by atoms with Crippen LogP contribution >= 0.6 is 0 Å². The molecular formula is C22H25F2N3O4S. The Hall–Kier alpha value is -2.85. The van der Waals surface area contributed by atoms with Gasteiger partial charge in [-0.3, -0.25) is 9.59 Å². The molecular weight excluding hydrogens is 440 g/mol. The molecule has 7 nitrogen and oxygen atoms in total. The van der Waals surface area contributed by atoms with E-state index in [-0.39, 0.29) is 28.7 Å². The molecule has 1 heterocycles. The molecule has 0 unspecified atom stereocenters. The molecule has 1 aliphatic heterocycles. The fraction of sp³-hybridized carbons (Fsp3) is 0.364. The van der Waals surface area contributed by atoms with E-state index in [1.54, 1.807) is 0 Å². The Labute approximate surface area is 185 Å². The molecule has 32 heavy (non-hydrogen) atoms. The smallest absolute Gasteiger partial charge is 0.313 e. The van der Waals surface area contributed by atoms with Crippen LogP contribution in [0.3, 0.4) is 0 Å². The number of nitrogens with zero attached hydrogens (tertiary/aromatic N) is 1. The molecule has 1 fully saturated rings. The van der Waals surface area contributed by atoms with E-state index in [0.717, 1.165) is 18.6 Å². The second-order valence-electron chi connectivity index (χ2n) is 7.65. The minimum absolute atomic E-state index is 0.0246. The predicted octanol–water partition coefficient (Wildman–Crippen LogP) is 2.96. The molecule has 2 amide bonds. The minimum Gasteiger partial charge on any atom is -0.348 e. The Kier molecular flexibility index (Phi) is 7.57. The van der Waals surface area contributed by atoms with E-state index in [2.05, 4.69) is 10.6 Å². The highest BCUT2D eigenvalue weighted by atomic mass is 32.2. The molecule has 0 aromatic heterocycles. The van der Waals surface area contributed by atoms with Gasteiger partial charge < -0.3 is 10.6 Å². The highest BCUT2D eigenvalue weighted by Crippen LogP contribution is 2.27. The molecule has 172 valence electrons. The van der Waals surface area contributed by atoms with Crippen LogP contribution in [0.5, 0.6) is 0 Å². The second kappa shape index (κ2) is 10.2. The lowest BCUT2D eigenvalue weighted by molar-refractivity contribution is -0.136. The number of rotatable bonds is 6. The number of halogens is 2. The normalized spacial score (nSPS) is 17.0. The average molecular weight is 466 g/mol. The number of anilines is 1. The number of para-hydroxylation sites is 1. The van der Waals surface area contributed by atoms with Crippen molar-refractivity contribution >= 4 is 27.5 Å². The molecule has 0 aliphatic carbocycles. The van der Waals surface area contributed by atoms with Crippen LogP contribution in [0.15, 0.2) is 47.4 Å². The van der Waals surface area contributed by atoms with Gasteiger partial charge in [-0.05, 0) is 62.1 Å². The molecule has 0 saturated carbocycles. The van der Waals surface area contributed by atoms with Crippen LogP contribution in [0.4, 0.5) is 14.5 Å². The number of sulfonamides is 1. The third-order valence-corrected chi connectivity index (χ3v) is 7.35. The first-order valence-electron chi connectivity index (χ1n) is 10.3. The van der Waals surface area contributed by atoms with Gasteiger partial charge in [-0.15, -0.1) is 0 Å². The van der Waals surface area contributed by atoms with Crippen molar-refractivity contribution < 1.29 is 26.8 Å². The Morgan fingerprint density at radius 1 is 1.06 bits per heavy atom. The van der Waals surface area contributed by atoms with E-state index in [1.165, 1.54) is 41.6 Å². The van der Waals surface area contributed by atoms with Crippen molar-refractivity contribution in [2.24, 2.45) is 0 Å². The molecule has 1 aliphatic rings. The second-order valence-corrected chi connectivity index (χ2v) is 9.55. The van der Waals surface area contributed by atoms with E-state index in [1.807, 2.05) is 0 Å². The standard InChI is InChI=1S/C22H25F2N3O4S/c1-15-14-17(9-10-18(15)23)32(30,31)27-13-5-4-6-16(27)11-12-25-21(28)22(29)26-20-8-3-2-7-19(20)24/h2-3,7-10,14,16H,4-6,11-13H2,1H3,(H,25,28)(H,26,29)/t16-/m1/s1. The quantitative estimate of drug-likeness (QED) is 0.642. The van der Waals surface area contributed by atoms with Crippen LogP contribution in [0.25, 0.3) is 0 Å². The molecule has 10 heteroatoms. The number of hydrogen-bond donors (Lipinski definition) is 2. The van der Waals surface area contributed by atoms with Gasteiger partial charge in [0.15, 0.2) is 0 Å². The highest BCUT2D eigenvalue weighted by molar-refractivity contribution is 7.89. The lowest BCUT2D eigenvalue weighted by Gasteiger charge is -2.34. The predicted molar refractivity (Wildman–Crippen MR) is 115 cm³/mol. The fourth-order valence-electron chi connectivity index (χ4n) is 3.67. The van der Waals surface area contributed by atoms with Crippen LogP contribution in [-0.2, 0) is 19.6 Å². The summed E-state index contributed by atoms with van der Waals surface area (Å²) in [6.45, 7) is 1.90. The van der Waals surface area contributed by atoms with Crippen molar-refractivity contribution in [3.8, 4) is 0 Å². The lowest BCUT2D eigenvalue weighted by atomic mass is 10.0. The zero-order valence-electron chi connectivity index (χ0n) is 17.6. The van der Waals surface area contributed by atoms with Crippen LogP contribution < -0.4 is 10.6 Å². The summed E-state index contributed by atoms with van der Waals surface area (Å²) in [6, 6.07) is 8.81. The van der Waals surface area contributed by atoms with Gasteiger partial charge in [-0.25, -0.2) is 17.2 Å². The SMILES string of the molecule is Cc1cc(S(=O)(=O)N2CCCC[C@@H]2CCNC(=O)C(=O)Nc2ccccc2F)ccc1F. The summed E-state index contributed by atoms with van der Waals surface area (Å²) in [7, 11) is -3.83. The topological polar surface area (TPSA) is 95.6 Å². The monoisotopic (exact) mass is 465 g/mol. The van der Waals surface area contributed by atoms with Crippen LogP contribution in [-0.4, -0.2) is 43.7 Å². The van der Waals surface area contributed by atoms with Gasteiger partial charge in [0.1, 0.15) is 11.6 Å². The maximum absolute atomic E-state index is 13.6. The highest BCUT2D eigenvalue weighted by Gasteiger charge is 2.33. The number of nitrogens with one attached hydrogen (secondary N) is 2. The summed E-state index contributed by atoms with van der Waals surface area (Å²) in [4.78, 5) is 24.1. The Bertz CT molecular complexity index is 1110. The number of carbonyl (C=O) groups is 2. The van der Waals surface area contributed by atoms with Crippen molar-refractivity contribution in [2.45, 2.75) is 43.5 Å². The maximum atomic E-state index is 13.6. The number of carbonyl (C=O) groups excluding carboxylic acids is 2. The molecule has 0 bridgehead atoms. The molecule has 1 saturated heterocycles. The average Bonchev–Trinajstić information content (AvgIpc) is 2.77. The largest absolute Gasteiger partial charge is 0.348 e. The summed E-state index contributed by atoms with van der Waals surface area (Å²) in [5.41, 5.74) is 0.138. The Morgan fingerprint density at radius 2 is 1.81 bits per heavy atom. The van der Waals surface area contributed by atoms with Crippen molar-refractivity contribution in [2.75, 3.05) is 18.4 Å². The minimum atomic E-state index is -3.83. The first-order valence-corrected chi connectivity index (χ1v) is 11.8. The van der Waals surface area contributed by atoms with E-state index < -0.39 is 33.5 Å². The summed E-state index contributed by atoms with van der Waals surface area (Å²) in [5, 5.41) is 4.65. The summed E-state index contributed by atoms with van der Waals surface area (Å²) in [6.07, 6.45) is 2.45. The fourth-order valence-corrected chi connectivity index (χ4v) is 5.48. The first-order chi connectivity index (χ1) is 15.2. The maximum Gasteiger partial charge on any atom is 0.313 e. The summed E-state index contributed by atoms with van der Waals surface area (Å²) < 4.78 is 54.8. The van der Waals surface area contributed by atoms with Gasteiger partial charge in [-0.2, -0.15) is 4.31 Å². The van der Waals surface area contributed by atoms with Gasteiger partial charge >= 0.3 is 11.8 Å². The molecule has 2 N–H and O–H groups in total. The van der Waals surface area contributed by atoms with Crippen molar-refractivity contribution in [3.63, 3.8) is 0 Å². The molecule has 1 atom stereocenters. The lowest BCUT2D eigenvalue weighted by Crippen LogP contribution is -2.45. The van der Waals surface area contributed by atoms with Crippen LogP contribution in [0.2, 0.25) is 0 Å². The molecule has 3 rings (SSSR count). The molecule has 0 spiro atoms. The zero-order valence-corrected chi connectivity index (χ0v) is 18.4. The van der Waals surface area contributed by atoms with E-state index >= 15 is 0 Å². The van der Waals surface area contributed by atoms with Crippen molar-refractivity contribution in [1.29, 1.82) is 0 Å². The van der Waals surface area contributed by atoms with Crippen LogP contribution in [0.1, 0.15) is 31.2 Å². The van der Waals surface area contributed by atoms with Gasteiger partial charge in [0.2, 0.25) is 10.0 Å². The number of aryl methyl sites for hydroxylation is 1. The van der Waals surface area contributed by atoms with E-state index in [9.17, 15) is 26.8 Å². The van der Waals surface area contributed by atoms with Gasteiger partial charge in [0.25, 0.3) is 0 Å². The van der Waals surface area contributed by atoms with Gasteiger partial charge in [0.05, 0.1) is 10.6 Å². The van der Waals surface area contributed by atoms with Gasteiger partial charge in [0, 0.05) is 19.1 Å². The third kappa shape index (κ3) is 5.49. The van der Waals surface area contributed by atoms with E-state index in [0.29, 0.717) is 25.8 Å². The Morgan fingerprint density at radius 3 is 2.53 bits per heavy atom. The Balaban J connectivity index is 1.60. The molecule has 2 aromatic rings. The molecule has 2 aromatic carbocycles.